The van der Waals surface area contributed by atoms with Crippen LogP contribution in [0.15, 0.2) is 29.2 Å². The molecule has 0 aromatic heterocycles. The van der Waals surface area contributed by atoms with E-state index in [1.54, 1.807) is 0 Å². The second-order valence-electron chi connectivity index (χ2n) is 5.10. The maximum Gasteiger partial charge on any atom is 0.0339 e. The van der Waals surface area contributed by atoms with Gasteiger partial charge >= 0.3 is 0 Å². The minimum atomic E-state index is 0.591. The Bertz CT molecular complexity index is 351. The van der Waals surface area contributed by atoms with Gasteiger partial charge in [0.05, 0.1) is 0 Å². The molecule has 1 aromatic rings. The first-order valence-electron chi connectivity index (χ1n) is 7.37. The third-order valence-electron chi connectivity index (χ3n) is 3.63. The molecule has 1 atom stereocenters. The molecule has 1 nitrogen and oxygen atoms in total. The maximum atomic E-state index is 3.74. The molecule has 0 saturated heterocycles. The van der Waals surface area contributed by atoms with Crippen LogP contribution in [0.5, 0.6) is 0 Å². The van der Waals surface area contributed by atoms with Gasteiger partial charge in [-0.05, 0) is 36.8 Å². The summed E-state index contributed by atoms with van der Waals surface area (Å²) in [6.07, 6.45) is 8.10. The van der Waals surface area contributed by atoms with E-state index in [0.29, 0.717) is 6.04 Å². The van der Waals surface area contributed by atoms with Crippen LogP contribution in [0.4, 0.5) is 0 Å². The van der Waals surface area contributed by atoms with Crippen molar-refractivity contribution in [3.8, 4) is 0 Å². The van der Waals surface area contributed by atoms with Gasteiger partial charge < -0.3 is 5.32 Å². The summed E-state index contributed by atoms with van der Waals surface area (Å²) < 4.78 is 0. The Morgan fingerprint density at radius 2 is 2.00 bits per heavy atom. The highest BCUT2D eigenvalue weighted by molar-refractivity contribution is 7.99. The summed E-state index contributed by atoms with van der Waals surface area (Å²) >= 11 is 2.00. The third kappa shape index (κ3) is 4.03. The van der Waals surface area contributed by atoms with E-state index >= 15 is 0 Å². The highest BCUT2D eigenvalue weighted by Gasteiger charge is 2.18. The molecular formula is C16H25NS. The largest absolute Gasteiger partial charge is 0.310 e. The van der Waals surface area contributed by atoms with Crippen LogP contribution in [0.1, 0.15) is 57.1 Å². The average molecular weight is 263 g/mol. The zero-order valence-electron chi connectivity index (χ0n) is 11.5. The molecule has 0 radical (unpaired) electrons. The predicted molar refractivity (Wildman–Crippen MR) is 81.3 cm³/mol. The molecule has 1 heterocycles. The van der Waals surface area contributed by atoms with Crippen molar-refractivity contribution < 1.29 is 0 Å². The van der Waals surface area contributed by atoms with Crippen molar-refractivity contribution in [1.29, 1.82) is 0 Å². The molecule has 1 unspecified atom stereocenters. The van der Waals surface area contributed by atoms with Gasteiger partial charge in [0.2, 0.25) is 0 Å². The molecular weight excluding hydrogens is 238 g/mol. The molecule has 1 aliphatic rings. The van der Waals surface area contributed by atoms with Crippen LogP contribution >= 0.6 is 11.8 Å². The molecule has 1 N–H and O–H groups in total. The Hall–Kier alpha value is -0.470. The smallest absolute Gasteiger partial charge is 0.0339 e. The number of rotatable bonds is 7. The molecule has 0 amide bonds. The summed E-state index contributed by atoms with van der Waals surface area (Å²) in [6, 6.07) is 9.46. The quantitative estimate of drug-likeness (QED) is 0.710. The normalized spacial score (nSPS) is 18.6. The number of hydrogen-bond acceptors (Lipinski definition) is 2. The zero-order valence-corrected chi connectivity index (χ0v) is 12.3. The molecule has 0 aliphatic carbocycles. The summed E-state index contributed by atoms with van der Waals surface area (Å²) in [5.41, 5.74) is 1.52. The first-order valence-corrected chi connectivity index (χ1v) is 8.35. The van der Waals surface area contributed by atoms with E-state index in [2.05, 4.69) is 36.5 Å². The summed E-state index contributed by atoms with van der Waals surface area (Å²) in [5, 5.41) is 3.74. The lowest BCUT2D eigenvalue weighted by Gasteiger charge is -2.26. The number of fused-ring (bicyclic) bond motifs is 1. The number of thioether (sulfide) groups is 1. The summed E-state index contributed by atoms with van der Waals surface area (Å²) in [5.74, 6) is 1.25. The third-order valence-corrected chi connectivity index (χ3v) is 4.75. The van der Waals surface area contributed by atoms with Gasteiger partial charge in [-0.25, -0.2) is 0 Å². The Labute approximate surface area is 116 Å². The van der Waals surface area contributed by atoms with Crippen LogP contribution in [-0.2, 0) is 0 Å². The van der Waals surface area contributed by atoms with E-state index in [1.165, 1.54) is 61.3 Å². The molecule has 1 aliphatic heterocycles. The summed E-state index contributed by atoms with van der Waals surface area (Å²) in [7, 11) is 0. The van der Waals surface area contributed by atoms with Gasteiger partial charge in [-0.3, -0.25) is 0 Å². The van der Waals surface area contributed by atoms with Crippen molar-refractivity contribution in [3.05, 3.63) is 29.8 Å². The number of benzene rings is 1. The van der Waals surface area contributed by atoms with Crippen molar-refractivity contribution in [3.63, 3.8) is 0 Å². The van der Waals surface area contributed by atoms with Crippen LogP contribution in [0.3, 0.4) is 0 Å². The molecule has 2 heteroatoms. The van der Waals surface area contributed by atoms with Crippen molar-refractivity contribution in [2.75, 3.05) is 12.3 Å². The Morgan fingerprint density at radius 1 is 1.17 bits per heavy atom. The molecule has 18 heavy (non-hydrogen) atoms. The Kier molecular flexibility index (Phi) is 6.09. The topological polar surface area (TPSA) is 12.0 Å². The number of hydrogen-bond donors (Lipinski definition) is 1. The van der Waals surface area contributed by atoms with E-state index in [0.717, 1.165) is 0 Å². The zero-order chi connectivity index (χ0) is 12.6. The second kappa shape index (κ2) is 7.85. The van der Waals surface area contributed by atoms with Crippen LogP contribution in [-0.4, -0.2) is 12.3 Å². The summed E-state index contributed by atoms with van der Waals surface area (Å²) in [4.78, 5) is 1.48. The molecule has 0 spiro atoms. The number of unbranched alkanes of at least 4 members (excludes halogenated alkanes) is 4. The highest BCUT2D eigenvalue weighted by Crippen LogP contribution is 2.35. The lowest BCUT2D eigenvalue weighted by Crippen LogP contribution is -2.25. The molecule has 100 valence electrons. The van der Waals surface area contributed by atoms with Gasteiger partial charge in [0.25, 0.3) is 0 Å². The lowest BCUT2D eigenvalue weighted by molar-refractivity contribution is 0.488. The highest BCUT2D eigenvalue weighted by atomic mass is 32.2. The monoisotopic (exact) mass is 263 g/mol. The van der Waals surface area contributed by atoms with Gasteiger partial charge in [0.15, 0.2) is 0 Å². The molecule has 2 rings (SSSR count). The van der Waals surface area contributed by atoms with Crippen molar-refractivity contribution in [2.45, 2.75) is 56.4 Å². The van der Waals surface area contributed by atoms with Crippen molar-refractivity contribution in [2.24, 2.45) is 0 Å². The first-order chi connectivity index (χ1) is 8.92. The van der Waals surface area contributed by atoms with Gasteiger partial charge in [0, 0.05) is 10.9 Å². The van der Waals surface area contributed by atoms with E-state index < -0.39 is 0 Å². The molecule has 0 saturated carbocycles. The van der Waals surface area contributed by atoms with Crippen LogP contribution < -0.4 is 5.32 Å². The Morgan fingerprint density at radius 3 is 2.89 bits per heavy atom. The first kappa shape index (κ1) is 14.0. The minimum absolute atomic E-state index is 0.591. The molecule has 0 fully saturated rings. The minimum Gasteiger partial charge on any atom is -0.310 e. The standard InChI is InChI=1S/C16H25NS/c1-2-3-4-5-8-12-17-15-11-13-18-16-10-7-6-9-14(15)16/h6-7,9-10,15,17H,2-5,8,11-13H2,1H3. The SMILES string of the molecule is CCCCCCCNC1CCSc2ccccc21. The van der Waals surface area contributed by atoms with Gasteiger partial charge in [0.1, 0.15) is 0 Å². The molecule has 1 aromatic carbocycles. The van der Waals surface area contributed by atoms with E-state index in [4.69, 9.17) is 0 Å². The van der Waals surface area contributed by atoms with Gasteiger partial charge in [-0.1, -0.05) is 50.8 Å². The van der Waals surface area contributed by atoms with E-state index in [-0.39, 0.29) is 0 Å². The Balaban J connectivity index is 1.74. The lowest BCUT2D eigenvalue weighted by atomic mass is 10.0. The predicted octanol–water partition coefficient (Wildman–Crippen LogP) is 4.78. The van der Waals surface area contributed by atoms with Crippen LogP contribution in [0.25, 0.3) is 0 Å². The fourth-order valence-electron chi connectivity index (χ4n) is 2.56. The van der Waals surface area contributed by atoms with Crippen molar-refractivity contribution >= 4 is 11.8 Å². The van der Waals surface area contributed by atoms with E-state index in [1.807, 2.05) is 11.8 Å². The second-order valence-corrected chi connectivity index (χ2v) is 6.23. The van der Waals surface area contributed by atoms with Gasteiger partial charge in [-0.2, -0.15) is 0 Å². The fourth-order valence-corrected chi connectivity index (χ4v) is 3.68. The fraction of sp³-hybridized carbons (Fsp3) is 0.625. The van der Waals surface area contributed by atoms with Crippen molar-refractivity contribution in [1.82, 2.24) is 5.32 Å². The average Bonchev–Trinajstić information content (AvgIpc) is 2.43. The van der Waals surface area contributed by atoms with Crippen LogP contribution in [0, 0.1) is 0 Å². The van der Waals surface area contributed by atoms with Gasteiger partial charge in [-0.15, -0.1) is 11.8 Å². The maximum absolute atomic E-state index is 3.74. The number of nitrogens with one attached hydrogen (secondary N) is 1. The van der Waals surface area contributed by atoms with Crippen LogP contribution in [0.2, 0.25) is 0 Å². The van der Waals surface area contributed by atoms with E-state index in [9.17, 15) is 0 Å². The molecule has 0 bridgehead atoms. The summed E-state index contributed by atoms with van der Waals surface area (Å²) in [6.45, 7) is 3.45.